The van der Waals surface area contributed by atoms with Gasteiger partial charge in [0.1, 0.15) is 11.3 Å². The molecule has 3 aromatic rings. The van der Waals surface area contributed by atoms with Crippen LogP contribution in [0.3, 0.4) is 0 Å². The first-order valence-electron chi connectivity index (χ1n) is 11.8. The normalized spacial score (nSPS) is 19.6. The Morgan fingerprint density at radius 1 is 1.21 bits per heavy atom. The number of para-hydroxylation sites is 2. The lowest BCUT2D eigenvalue weighted by molar-refractivity contribution is 0.1000. The molecule has 0 spiro atoms. The molecule has 1 aliphatic carbocycles. The van der Waals surface area contributed by atoms with Crippen LogP contribution in [0.25, 0.3) is 0 Å². The van der Waals surface area contributed by atoms with E-state index < -0.39 is 31.9 Å². The number of nitrogens with two attached hydrogens (primary N) is 1. The number of primary amides is 1. The summed E-state index contributed by atoms with van der Waals surface area (Å²) in [5.41, 5.74) is 5.85. The molecule has 1 amide bonds. The predicted molar refractivity (Wildman–Crippen MR) is 136 cm³/mol. The molecule has 0 aliphatic heterocycles. The number of carbonyl (C=O) groups is 1. The Bertz CT molecular complexity index is 1460. The average molecular weight is 545 g/mol. The van der Waals surface area contributed by atoms with E-state index in [-0.39, 0.29) is 29.6 Å². The summed E-state index contributed by atoms with van der Waals surface area (Å²) in [6.07, 6.45) is 4.08. The van der Waals surface area contributed by atoms with Crippen LogP contribution in [0.2, 0.25) is 0 Å². The van der Waals surface area contributed by atoms with E-state index in [0.29, 0.717) is 37.1 Å². The third-order valence-electron chi connectivity index (χ3n) is 6.73. The highest BCUT2D eigenvalue weighted by atomic mass is 32.2. The number of anilines is 3. The molecule has 0 bridgehead atoms. The molecular weight excluding hydrogens is 518 g/mol. The van der Waals surface area contributed by atoms with Crippen molar-refractivity contribution in [3.05, 3.63) is 60.3 Å². The SMILES string of the molecule is N#CCC1(n2cc(C(N)=O)c(Nc3ccc(S(=O)(=O)C(F)F)cc3)n2)CCC(Nc2ccccc2O)CC1. The minimum atomic E-state index is -4.74. The molecule has 4 rings (SSSR count). The van der Waals surface area contributed by atoms with Crippen LogP contribution in [-0.4, -0.2) is 41.0 Å². The summed E-state index contributed by atoms with van der Waals surface area (Å²) in [5, 5.41) is 30.4. The topological polar surface area (TPSA) is 163 Å². The molecule has 0 unspecified atom stereocenters. The van der Waals surface area contributed by atoms with Crippen LogP contribution >= 0.6 is 0 Å². The number of sulfone groups is 1. The van der Waals surface area contributed by atoms with E-state index in [1.165, 1.54) is 18.3 Å². The molecule has 13 heteroatoms. The standard InChI is InChI=1S/C25H26F2N6O4S/c26-24(27)38(36,37)18-7-5-16(6-8-18)31-23-19(22(29)35)15-33(32-23)25(13-14-28)11-9-17(10-12-25)30-20-3-1-2-4-21(20)34/h1-8,15,17,24,30,34H,9-13H2,(H2,29,35)(H,31,32). The highest BCUT2D eigenvalue weighted by Gasteiger charge is 2.39. The molecule has 1 aliphatic rings. The van der Waals surface area contributed by atoms with Crippen LogP contribution in [0, 0.1) is 11.3 Å². The first-order valence-corrected chi connectivity index (χ1v) is 13.3. The second-order valence-corrected chi connectivity index (χ2v) is 11.1. The molecule has 1 fully saturated rings. The molecule has 1 heterocycles. The molecular formula is C25H26F2N6O4S. The van der Waals surface area contributed by atoms with Gasteiger partial charge in [-0.25, -0.2) is 8.42 Å². The first-order chi connectivity index (χ1) is 18.1. The van der Waals surface area contributed by atoms with E-state index in [1.54, 1.807) is 22.9 Å². The molecule has 0 radical (unpaired) electrons. The number of phenols is 1. The number of rotatable bonds is 9. The van der Waals surface area contributed by atoms with Crippen LogP contribution in [-0.2, 0) is 15.4 Å². The fraction of sp³-hybridized carbons (Fsp3) is 0.320. The summed E-state index contributed by atoms with van der Waals surface area (Å²) >= 11 is 0. The van der Waals surface area contributed by atoms with Gasteiger partial charge in [0.25, 0.3) is 5.91 Å². The highest BCUT2D eigenvalue weighted by Crippen LogP contribution is 2.40. The maximum Gasteiger partial charge on any atom is 0.341 e. The quantitative estimate of drug-likeness (QED) is 0.293. The Labute approximate surface area is 218 Å². The molecule has 0 saturated heterocycles. The number of aromatic hydroxyl groups is 1. The van der Waals surface area contributed by atoms with Gasteiger partial charge < -0.3 is 21.5 Å². The Morgan fingerprint density at radius 2 is 1.87 bits per heavy atom. The zero-order valence-electron chi connectivity index (χ0n) is 20.1. The molecule has 1 saturated carbocycles. The zero-order chi connectivity index (χ0) is 27.5. The van der Waals surface area contributed by atoms with Gasteiger partial charge in [-0.05, 0) is 62.1 Å². The maximum atomic E-state index is 12.8. The van der Waals surface area contributed by atoms with E-state index in [4.69, 9.17) is 5.73 Å². The number of aromatic nitrogens is 2. The van der Waals surface area contributed by atoms with Crippen LogP contribution in [0.5, 0.6) is 5.75 Å². The van der Waals surface area contributed by atoms with Gasteiger partial charge in [-0.2, -0.15) is 19.1 Å². The number of phenolic OH excluding ortho intramolecular Hbond substituents is 1. The lowest BCUT2D eigenvalue weighted by atomic mass is 9.77. The van der Waals surface area contributed by atoms with Crippen molar-refractivity contribution in [2.45, 2.75) is 54.3 Å². The van der Waals surface area contributed by atoms with Gasteiger partial charge in [-0.15, -0.1) is 0 Å². The van der Waals surface area contributed by atoms with E-state index in [1.807, 2.05) is 6.07 Å². The van der Waals surface area contributed by atoms with Crippen LogP contribution in [0.1, 0.15) is 42.5 Å². The number of nitrogens with one attached hydrogen (secondary N) is 2. The fourth-order valence-electron chi connectivity index (χ4n) is 4.61. The number of alkyl halides is 2. The van der Waals surface area contributed by atoms with Crippen molar-refractivity contribution in [3.8, 4) is 11.8 Å². The van der Waals surface area contributed by atoms with Crippen molar-refractivity contribution in [3.63, 3.8) is 0 Å². The number of benzene rings is 2. The van der Waals surface area contributed by atoms with Crippen molar-refractivity contribution in [2.24, 2.45) is 5.73 Å². The van der Waals surface area contributed by atoms with Crippen LogP contribution in [0.4, 0.5) is 26.0 Å². The second kappa shape index (κ2) is 10.7. The number of hydrogen-bond donors (Lipinski definition) is 4. The third-order valence-corrected chi connectivity index (χ3v) is 8.13. The first kappa shape index (κ1) is 26.9. The zero-order valence-corrected chi connectivity index (χ0v) is 21.0. The predicted octanol–water partition coefficient (Wildman–Crippen LogP) is 4.09. The number of nitriles is 1. The smallest absolute Gasteiger partial charge is 0.341 e. The van der Waals surface area contributed by atoms with Gasteiger partial charge in [0.15, 0.2) is 5.82 Å². The number of carbonyl (C=O) groups excluding carboxylic acids is 1. The Kier molecular flexibility index (Phi) is 7.54. The highest BCUT2D eigenvalue weighted by molar-refractivity contribution is 7.91. The summed E-state index contributed by atoms with van der Waals surface area (Å²) in [5.74, 6) is -4.07. The second-order valence-electron chi connectivity index (χ2n) is 9.15. The summed E-state index contributed by atoms with van der Waals surface area (Å²) in [6, 6.07) is 13.8. The number of nitrogens with zero attached hydrogens (tertiary/aromatic N) is 3. The van der Waals surface area contributed by atoms with Gasteiger partial charge in [0.2, 0.25) is 9.84 Å². The fourth-order valence-corrected chi connectivity index (χ4v) is 5.33. The average Bonchev–Trinajstić information content (AvgIpc) is 3.32. The molecule has 5 N–H and O–H groups in total. The molecule has 38 heavy (non-hydrogen) atoms. The lowest BCUT2D eigenvalue weighted by Gasteiger charge is -2.39. The van der Waals surface area contributed by atoms with Gasteiger partial charge in [-0.1, -0.05) is 12.1 Å². The Morgan fingerprint density at radius 3 is 2.45 bits per heavy atom. The van der Waals surface area contributed by atoms with Gasteiger partial charge in [0.05, 0.1) is 28.6 Å². The van der Waals surface area contributed by atoms with E-state index in [9.17, 15) is 32.4 Å². The van der Waals surface area contributed by atoms with Crippen molar-refractivity contribution in [2.75, 3.05) is 10.6 Å². The minimum absolute atomic E-state index is 0.0565. The van der Waals surface area contributed by atoms with E-state index in [2.05, 4.69) is 21.8 Å². The maximum absolute atomic E-state index is 12.8. The minimum Gasteiger partial charge on any atom is -0.506 e. The summed E-state index contributed by atoms with van der Waals surface area (Å²) < 4.78 is 50.5. The lowest BCUT2D eigenvalue weighted by Crippen LogP contribution is -2.41. The molecule has 1 aromatic heterocycles. The van der Waals surface area contributed by atoms with Gasteiger partial charge in [0, 0.05) is 17.9 Å². The summed E-state index contributed by atoms with van der Waals surface area (Å²) in [6.45, 7) is 0. The Hall–Kier alpha value is -4.18. The van der Waals surface area contributed by atoms with Crippen LogP contribution in [0.15, 0.2) is 59.6 Å². The number of hydrogen-bond acceptors (Lipinski definition) is 8. The molecule has 0 atom stereocenters. The monoisotopic (exact) mass is 544 g/mol. The Balaban J connectivity index is 1.56. The third kappa shape index (κ3) is 5.40. The summed E-state index contributed by atoms with van der Waals surface area (Å²) in [4.78, 5) is 11.6. The van der Waals surface area contributed by atoms with E-state index in [0.717, 1.165) is 12.1 Å². The number of amides is 1. The number of halogens is 2. The molecule has 200 valence electrons. The molecule has 10 nitrogen and oxygen atoms in total. The van der Waals surface area contributed by atoms with Crippen molar-refractivity contribution in [1.29, 1.82) is 5.26 Å². The largest absolute Gasteiger partial charge is 0.506 e. The van der Waals surface area contributed by atoms with Crippen molar-refractivity contribution in [1.82, 2.24) is 9.78 Å². The van der Waals surface area contributed by atoms with Crippen LogP contribution < -0.4 is 16.4 Å². The summed E-state index contributed by atoms with van der Waals surface area (Å²) in [7, 11) is -4.74. The molecule has 2 aromatic carbocycles. The van der Waals surface area contributed by atoms with Gasteiger partial charge >= 0.3 is 5.76 Å². The van der Waals surface area contributed by atoms with Crippen molar-refractivity contribution < 1.29 is 27.1 Å². The van der Waals surface area contributed by atoms with Gasteiger partial charge in [-0.3, -0.25) is 9.48 Å². The van der Waals surface area contributed by atoms with Crippen molar-refractivity contribution >= 4 is 32.9 Å². The van der Waals surface area contributed by atoms with E-state index >= 15 is 0 Å².